The molecule has 0 spiro atoms. The van der Waals surface area contributed by atoms with Crippen molar-refractivity contribution in [1.29, 1.82) is 0 Å². The van der Waals surface area contributed by atoms with Gasteiger partial charge < -0.3 is 19.9 Å². The smallest absolute Gasteiger partial charge is 0.216 e. The van der Waals surface area contributed by atoms with Crippen LogP contribution in [0, 0.1) is 0 Å². The number of rotatable bonds is 8. The lowest BCUT2D eigenvalue weighted by Gasteiger charge is -2.11. The molecule has 0 aliphatic rings. The van der Waals surface area contributed by atoms with Gasteiger partial charge >= 0.3 is 0 Å². The van der Waals surface area contributed by atoms with Crippen LogP contribution in [-0.2, 0) is 24.8 Å². The quantitative estimate of drug-likeness (QED) is 0.691. The first kappa shape index (κ1) is 14.9. The van der Waals surface area contributed by atoms with Crippen LogP contribution in [0.1, 0.15) is 18.2 Å². The number of aliphatic hydroxyl groups excluding tert-OH is 1. The van der Waals surface area contributed by atoms with E-state index >= 15 is 0 Å². The highest BCUT2D eigenvalue weighted by Crippen LogP contribution is 2.21. The molecule has 6 nitrogen and oxygen atoms in total. The number of aliphatic hydroxyl groups is 1. The minimum absolute atomic E-state index is 0.331. The van der Waals surface area contributed by atoms with Crippen LogP contribution in [0.3, 0.4) is 0 Å². The summed E-state index contributed by atoms with van der Waals surface area (Å²) in [5.74, 6) is 0.764. The molecule has 0 amide bonds. The fourth-order valence-corrected chi connectivity index (χ4v) is 1.94. The van der Waals surface area contributed by atoms with Crippen molar-refractivity contribution in [2.24, 2.45) is 7.05 Å². The zero-order valence-electron chi connectivity index (χ0n) is 11.6. The van der Waals surface area contributed by atoms with Gasteiger partial charge in [-0.3, -0.25) is 0 Å². The molecule has 1 aromatic rings. The Balaban J connectivity index is 2.60. The van der Waals surface area contributed by atoms with E-state index in [0.717, 1.165) is 23.6 Å². The third-order valence-electron chi connectivity index (χ3n) is 2.74. The average molecular weight is 257 g/mol. The van der Waals surface area contributed by atoms with Crippen LogP contribution >= 0.6 is 0 Å². The van der Waals surface area contributed by atoms with Gasteiger partial charge in [0.25, 0.3) is 0 Å². The molecule has 0 aliphatic carbocycles. The van der Waals surface area contributed by atoms with E-state index in [1.807, 2.05) is 7.05 Å². The van der Waals surface area contributed by atoms with Crippen LogP contribution in [0.15, 0.2) is 0 Å². The van der Waals surface area contributed by atoms with Crippen molar-refractivity contribution in [3.05, 3.63) is 11.3 Å². The van der Waals surface area contributed by atoms with Gasteiger partial charge in [0, 0.05) is 27.2 Å². The van der Waals surface area contributed by atoms with E-state index < -0.39 is 6.10 Å². The van der Waals surface area contributed by atoms with Gasteiger partial charge in [-0.15, -0.1) is 0 Å². The predicted molar refractivity (Wildman–Crippen MR) is 68.7 cm³/mol. The van der Waals surface area contributed by atoms with E-state index in [9.17, 15) is 5.11 Å². The number of methoxy groups -OCH3 is 2. The number of hydrogen-bond acceptors (Lipinski definition) is 5. The van der Waals surface area contributed by atoms with Crippen molar-refractivity contribution in [1.82, 2.24) is 15.1 Å². The van der Waals surface area contributed by atoms with E-state index in [2.05, 4.69) is 17.3 Å². The van der Waals surface area contributed by atoms with Gasteiger partial charge in [0.2, 0.25) is 5.88 Å². The van der Waals surface area contributed by atoms with Crippen LogP contribution in [0.4, 0.5) is 0 Å². The van der Waals surface area contributed by atoms with E-state index in [1.165, 1.54) is 0 Å². The molecule has 2 N–H and O–H groups in total. The topological polar surface area (TPSA) is 68.5 Å². The zero-order valence-corrected chi connectivity index (χ0v) is 11.6. The number of nitrogens with zero attached hydrogens (tertiary/aromatic N) is 2. The molecular weight excluding hydrogens is 234 g/mol. The molecule has 0 saturated carbocycles. The van der Waals surface area contributed by atoms with Crippen LogP contribution < -0.4 is 10.1 Å². The molecule has 104 valence electrons. The third-order valence-corrected chi connectivity index (χ3v) is 2.74. The molecule has 1 atom stereocenters. The molecule has 1 heterocycles. The summed E-state index contributed by atoms with van der Waals surface area (Å²) in [4.78, 5) is 0. The Kier molecular flexibility index (Phi) is 6.11. The lowest BCUT2D eigenvalue weighted by molar-refractivity contribution is 0.0643. The van der Waals surface area contributed by atoms with Crippen molar-refractivity contribution in [2.75, 3.05) is 27.4 Å². The highest BCUT2D eigenvalue weighted by Gasteiger charge is 2.15. The summed E-state index contributed by atoms with van der Waals surface area (Å²) in [6.45, 7) is 3.50. The van der Waals surface area contributed by atoms with Gasteiger partial charge in [-0.2, -0.15) is 5.10 Å². The first-order valence-corrected chi connectivity index (χ1v) is 6.10. The maximum Gasteiger partial charge on any atom is 0.216 e. The number of aromatic nitrogens is 2. The molecule has 0 fully saturated rings. The summed E-state index contributed by atoms with van der Waals surface area (Å²) in [5.41, 5.74) is 2.06. The summed E-state index contributed by atoms with van der Waals surface area (Å²) in [7, 11) is 5.07. The van der Waals surface area contributed by atoms with Crippen LogP contribution in [0.25, 0.3) is 0 Å². The molecular formula is C12H23N3O3. The lowest BCUT2D eigenvalue weighted by atomic mass is 10.2. The van der Waals surface area contributed by atoms with Gasteiger partial charge in [0.05, 0.1) is 31.1 Å². The predicted octanol–water partition coefficient (Wildman–Crippen LogP) is 0.0880. The van der Waals surface area contributed by atoms with E-state index in [4.69, 9.17) is 9.47 Å². The van der Waals surface area contributed by atoms with Crippen molar-refractivity contribution in [2.45, 2.75) is 26.0 Å². The summed E-state index contributed by atoms with van der Waals surface area (Å²) in [5, 5.41) is 17.1. The number of hydrogen-bond donors (Lipinski definition) is 2. The fraction of sp³-hybridized carbons (Fsp3) is 0.750. The van der Waals surface area contributed by atoms with Crippen LogP contribution in [0.2, 0.25) is 0 Å². The zero-order chi connectivity index (χ0) is 13.5. The van der Waals surface area contributed by atoms with Gasteiger partial charge in [-0.05, 0) is 6.42 Å². The average Bonchev–Trinajstić information content (AvgIpc) is 2.65. The van der Waals surface area contributed by atoms with Crippen molar-refractivity contribution < 1.29 is 14.6 Å². The second-order valence-electron chi connectivity index (χ2n) is 4.15. The minimum Gasteiger partial charge on any atom is -0.481 e. The van der Waals surface area contributed by atoms with Gasteiger partial charge in [-0.25, -0.2) is 4.68 Å². The normalized spacial score (nSPS) is 12.7. The number of aryl methyl sites for hydroxylation is 2. The third kappa shape index (κ3) is 3.69. The Morgan fingerprint density at radius 1 is 1.44 bits per heavy atom. The molecule has 1 rings (SSSR count). The molecule has 6 heteroatoms. The van der Waals surface area contributed by atoms with Gasteiger partial charge in [-0.1, -0.05) is 6.92 Å². The summed E-state index contributed by atoms with van der Waals surface area (Å²) < 4.78 is 11.9. The molecule has 0 saturated heterocycles. The van der Waals surface area contributed by atoms with E-state index in [0.29, 0.717) is 19.7 Å². The van der Waals surface area contributed by atoms with Crippen LogP contribution in [0.5, 0.6) is 5.88 Å². The molecule has 0 aromatic carbocycles. The number of nitrogens with one attached hydrogen (secondary N) is 1. The fourth-order valence-electron chi connectivity index (χ4n) is 1.94. The molecule has 1 aromatic heterocycles. The molecule has 1 unspecified atom stereocenters. The Morgan fingerprint density at radius 2 is 2.17 bits per heavy atom. The second-order valence-corrected chi connectivity index (χ2v) is 4.15. The van der Waals surface area contributed by atoms with E-state index in [1.54, 1.807) is 18.9 Å². The molecule has 0 bridgehead atoms. The summed E-state index contributed by atoms with van der Waals surface area (Å²) >= 11 is 0. The first-order chi connectivity index (χ1) is 8.63. The Labute approximate surface area is 108 Å². The maximum atomic E-state index is 9.55. The molecule has 0 radical (unpaired) electrons. The standard InChI is InChI=1S/C12H23N3O3/c1-5-11-10(12(18-4)15(2)14-11)7-13-6-9(16)8-17-3/h9,13,16H,5-8H2,1-4H3. The van der Waals surface area contributed by atoms with Gasteiger partial charge in [0.1, 0.15) is 0 Å². The SMILES string of the molecule is CCc1nn(C)c(OC)c1CNCC(O)COC. The second kappa shape index (κ2) is 7.35. The highest BCUT2D eigenvalue weighted by molar-refractivity contribution is 5.31. The summed E-state index contributed by atoms with van der Waals surface area (Å²) in [6, 6.07) is 0. The number of ether oxygens (including phenoxy) is 2. The van der Waals surface area contributed by atoms with Crippen molar-refractivity contribution >= 4 is 0 Å². The molecule has 0 aliphatic heterocycles. The first-order valence-electron chi connectivity index (χ1n) is 6.10. The largest absolute Gasteiger partial charge is 0.481 e. The van der Waals surface area contributed by atoms with Crippen molar-refractivity contribution in [3.63, 3.8) is 0 Å². The van der Waals surface area contributed by atoms with Crippen LogP contribution in [-0.4, -0.2) is 48.4 Å². The Morgan fingerprint density at radius 3 is 2.72 bits per heavy atom. The lowest BCUT2D eigenvalue weighted by Crippen LogP contribution is -2.29. The van der Waals surface area contributed by atoms with E-state index in [-0.39, 0.29) is 0 Å². The monoisotopic (exact) mass is 257 g/mol. The highest BCUT2D eigenvalue weighted by atomic mass is 16.5. The Hall–Kier alpha value is -1.11. The summed E-state index contributed by atoms with van der Waals surface area (Å²) in [6.07, 6.45) is 0.359. The minimum atomic E-state index is -0.497. The van der Waals surface area contributed by atoms with Gasteiger partial charge in [0.15, 0.2) is 0 Å². The maximum absolute atomic E-state index is 9.55. The molecule has 18 heavy (non-hydrogen) atoms. The Bertz CT molecular complexity index is 366. The van der Waals surface area contributed by atoms with Crippen molar-refractivity contribution in [3.8, 4) is 5.88 Å².